The SMILES string of the molecule is COc1ccc2nc(NC(=O)C(C#N)=Cc3ccc(-c4ccc(Cl)cc4)o3)sc2c1. The van der Waals surface area contributed by atoms with Crippen LogP contribution in [0.1, 0.15) is 5.76 Å². The van der Waals surface area contributed by atoms with E-state index in [1.807, 2.05) is 30.3 Å². The minimum atomic E-state index is -0.562. The standard InChI is InChI=1S/C22H14ClN3O3S/c1-28-16-6-8-18-20(11-16)30-22(25-18)26-21(27)14(12-24)10-17-7-9-19(29-17)13-2-4-15(23)5-3-13/h2-11H,1H3,(H,25,26,27). The molecule has 1 N–H and O–H groups in total. The number of hydrogen-bond donors (Lipinski definition) is 1. The molecule has 0 aliphatic carbocycles. The zero-order valence-electron chi connectivity index (χ0n) is 15.7. The average Bonchev–Trinajstić information content (AvgIpc) is 3.38. The van der Waals surface area contributed by atoms with Crippen molar-refractivity contribution in [3.8, 4) is 23.1 Å². The summed E-state index contributed by atoms with van der Waals surface area (Å²) in [5, 5.41) is 13.1. The van der Waals surface area contributed by atoms with Crippen molar-refractivity contribution in [1.82, 2.24) is 4.98 Å². The highest BCUT2D eigenvalue weighted by Crippen LogP contribution is 2.30. The minimum Gasteiger partial charge on any atom is -0.497 e. The van der Waals surface area contributed by atoms with Gasteiger partial charge in [0.2, 0.25) is 0 Å². The highest BCUT2D eigenvalue weighted by Gasteiger charge is 2.14. The van der Waals surface area contributed by atoms with Crippen molar-refractivity contribution in [3.63, 3.8) is 0 Å². The summed E-state index contributed by atoms with van der Waals surface area (Å²) < 4.78 is 11.8. The molecule has 0 aliphatic rings. The van der Waals surface area contributed by atoms with E-state index in [-0.39, 0.29) is 5.57 Å². The number of nitrogens with one attached hydrogen (secondary N) is 1. The summed E-state index contributed by atoms with van der Waals surface area (Å²) in [6, 6.07) is 18.0. The number of anilines is 1. The van der Waals surface area contributed by atoms with Gasteiger partial charge in [-0.05, 0) is 54.6 Å². The molecule has 0 saturated carbocycles. The van der Waals surface area contributed by atoms with Gasteiger partial charge in [-0.25, -0.2) is 4.98 Å². The Morgan fingerprint density at radius 2 is 2.03 bits per heavy atom. The quantitative estimate of drug-likeness (QED) is 0.318. The van der Waals surface area contributed by atoms with Crippen molar-refractivity contribution in [2.45, 2.75) is 0 Å². The molecule has 2 aromatic heterocycles. The maximum atomic E-state index is 12.5. The molecule has 8 heteroatoms. The minimum absolute atomic E-state index is 0.0937. The number of carbonyl (C=O) groups excluding carboxylic acids is 1. The van der Waals surface area contributed by atoms with Gasteiger partial charge in [-0.3, -0.25) is 10.1 Å². The van der Waals surface area contributed by atoms with Crippen LogP contribution in [0.5, 0.6) is 5.75 Å². The first-order chi connectivity index (χ1) is 14.6. The van der Waals surface area contributed by atoms with Crippen LogP contribution in [0.15, 0.2) is 64.6 Å². The van der Waals surface area contributed by atoms with Gasteiger partial charge >= 0.3 is 0 Å². The molecule has 6 nitrogen and oxygen atoms in total. The Kier molecular flexibility index (Phi) is 5.53. The van der Waals surface area contributed by atoms with E-state index in [1.165, 1.54) is 17.4 Å². The van der Waals surface area contributed by atoms with Crippen LogP contribution < -0.4 is 10.1 Å². The Hall–Kier alpha value is -3.60. The first kappa shape index (κ1) is 19.7. The van der Waals surface area contributed by atoms with Gasteiger partial charge in [0.05, 0.1) is 17.3 Å². The lowest BCUT2D eigenvalue weighted by Crippen LogP contribution is -2.13. The molecular formula is C22H14ClN3O3S. The highest BCUT2D eigenvalue weighted by molar-refractivity contribution is 7.22. The van der Waals surface area contributed by atoms with E-state index < -0.39 is 5.91 Å². The molecule has 30 heavy (non-hydrogen) atoms. The molecule has 0 saturated heterocycles. The van der Waals surface area contributed by atoms with E-state index in [9.17, 15) is 10.1 Å². The van der Waals surface area contributed by atoms with E-state index in [0.717, 1.165) is 15.8 Å². The molecule has 0 atom stereocenters. The van der Waals surface area contributed by atoms with E-state index in [1.54, 1.807) is 37.4 Å². The summed E-state index contributed by atoms with van der Waals surface area (Å²) in [5.41, 5.74) is 1.48. The molecule has 2 heterocycles. The van der Waals surface area contributed by atoms with Crippen molar-refractivity contribution < 1.29 is 13.9 Å². The third-order valence-corrected chi connectivity index (χ3v) is 5.41. The van der Waals surface area contributed by atoms with E-state index in [2.05, 4.69) is 10.3 Å². The molecule has 0 unspecified atom stereocenters. The Bertz CT molecular complexity index is 1300. The third kappa shape index (κ3) is 4.20. The number of rotatable bonds is 5. The lowest BCUT2D eigenvalue weighted by atomic mass is 10.2. The maximum Gasteiger partial charge on any atom is 0.268 e. The summed E-state index contributed by atoms with van der Waals surface area (Å²) >= 11 is 7.20. The Labute approximate surface area is 181 Å². The number of methoxy groups -OCH3 is 1. The topological polar surface area (TPSA) is 88.1 Å². The smallest absolute Gasteiger partial charge is 0.268 e. The second kappa shape index (κ2) is 8.41. The average molecular weight is 436 g/mol. The molecule has 4 aromatic rings. The summed E-state index contributed by atoms with van der Waals surface area (Å²) in [7, 11) is 1.59. The number of nitrogens with zero attached hydrogens (tertiary/aromatic N) is 2. The molecule has 0 radical (unpaired) electrons. The van der Waals surface area contributed by atoms with Crippen LogP contribution in [-0.2, 0) is 4.79 Å². The molecule has 4 rings (SSSR count). The van der Waals surface area contributed by atoms with Crippen molar-refractivity contribution in [2.75, 3.05) is 12.4 Å². The van der Waals surface area contributed by atoms with Crippen LogP contribution in [0, 0.1) is 11.3 Å². The fourth-order valence-electron chi connectivity index (χ4n) is 2.74. The molecular weight excluding hydrogens is 422 g/mol. The molecule has 2 aromatic carbocycles. The van der Waals surface area contributed by atoms with Crippen molar-refractivity contribution in [1.29, 1.82) is 5.26 Å². The van der Waals surface area contributed by atoms with Crippen LogP contribution in [0.3, 0.4) is 0 Å². The number of furan rings is 1. The van der Waals surface area contributed by atoms with Crippen LogP contribution in [0.4, 0.5) is 5.13 Å². The van der Waals surface area contributed by atoms with Gasteiger partial charge in [0.1, 0.15) is 28.9 Å². The number of fused-ring (bicyclic) bond motifs is 1. The van der Waals surface area contributed by atoms with Crippen LogP contribution >= 0.6 is 22.9 Å². The first-order valence-corrected chi connectivity index (χ1v) is 9.98. The largest absolute Gasteiger partial charge is 0.497 e. The van der Waals surface area contributed by atoms with Gasteiger partial charge in [0.25, 0.3) is 5.91 Å². The van der Waals surface area contributed by atoms with Crippen molar-refractivity contribution in [2.24, 2.45) is 0 Å². The summed E-state index contributed by atoms with van der Waals surface area (Å²) in [5.74, 6) is 1.14. The fourth-order valence-corrected chi connectivity index (χ4v) is 3.76. The normalized spacial score (nSPS) is 11.3. The van der Waals surface area contributed by atoms with Crippen molar-refractivity contribution >= 4 is 50.3 Å². The van der Waals surface area contributed by atoms with Crippen molar-refractivity contribution in [3.05, 3.63) is 71.0 Å². The molecule has 148 valence electrons. The highest BCUT2D eigenvalue weighted by atomic mass is 35.5. The second-order valence-electron chi connectivity index (χ2n) is 6.19. The van der Waals surface area contributed by atoms with Gasteiger partial charge in [0, 0.05) is 16.7 Å². The zero-order chi connectivity index (χ0) is 21.1. The predicted octanol–water partition coefficient (Wildman–Crippen LogP) is 5.76. The molecule has 1 amide bonds. The summed E-state index contributed by atoms with van der Waals surface area (Å²) in [6.07, 6.45) is 1.39. The first-order valence-electron chi connectivity index (χ1n) is 8.79. The molecule has 0 bridgehead atoms. The van der Waals surface area contributed by atoms with Gasteiger partial charge in [0.15, 0.2) is 5.13 Å². The fraction of sp³-hybridized carbons (Fsp3) is 0.0455. The lowest BCUT2D eigenvalue weighted by Gasteiger charge is -1.99. The van der Waals surface area contributed by atoms with E-state index in [4.69, 9.17) is 20.8 Å². The number of aromatic nitrogens is 1. The second-order valence-corrected chi connectivity index (χ2v) is 7.65. The number of carbonyl (C=O) groups is 1. The monoisotopic (exact) mass is 435 g/mol. The van der Waals surface area contributed by atoms with Gasteiger partial charge in [-0.15, -0.1) is 0 Å². The zero-order valence-corrected chi connectivity index (χ0v) is 17.3. The Morgan fingerprint density at radius 1 is 1.23 bits per heavy atom. The number of benzene rings is 2. The van der Waals surface area contributed by atoms with Crippen LogP contribution in [0.2, 0.25) is 5.02 Å². The van der Waals surface area contributed by atoms with Gasteiger partial charge < -0.3 is 9.15 Å². The predicted molar refractivity (Wildman–Crippen MR) is 118 cm³/mol. The lowest BCUT2D eigenvalue weighted by molar-refractivity contribution is -0.112. The number of ether oxygens (including phenoxy) is 1. The number of thiazole rings is 1. The number of nitriles is 1. The number of halogens is 1. The van der Waals surface area contributed by atoms with Crippen LogP contribution in [0.25, 0.3) is 27.6 Å². The molecule has 0 fully saturated rings. The molecule has 0 spiro atoms. The Morgan fingerprint density at radius 3 is 2.77 bits per heavy atom. The summed E-state index contributed by atoms with van der Waals surface area (Å²) in [6.45, 7) is 0. The van der Waals surface area contributed by atoms with Crippen LogP contribution in [-0.4, -0.2) is 18.0 Å². The third-order valence-electron chi connectivity index (χ3n) is 4.22. The van der Waals surface area contributed by atoms with Gasteiger partial charge in [-0.1, -0.05) is 22.9 Å². The van der Waals surface area contributed by atoms with E-state index in [0.29, 0.717) is 27.4 Å². The maximum absolute atomic E-state index is 12.5. The molecule has 0 aliphatic heterocycles. The van der Waals surface area contributed by atoms with E-state index >= 15 is 0 Å². The number of amides is 1. The Balaban J connectivity index is 1.53. The number of hydrogen-bond acceptors (Lipinski definition) is 6. The summed E-state index contributed by atoms with van der Waals surface area (Å²) in [4.78, 5) is 16.9. The van der Waals surface area contributed by atoms with Gasteiger partial charge in [-0.2, -0.15) is 5.26 Å².